The van der Waals surface area contributed by atoms with Gasteiger partial charge in [0, 0.05) is 24.4 Å². The molecular weight excluding hydrogens is 292 g/mol. The van der Waals surface area contributed by atoms with Crippen molar-refractivity contribution < 1.29 is 5.11 Å². The van der Waals surface area contributed by atoms with Crippen molar-refractivity contribution in [3.8, 4) is 11.4 Å². The van der Waals surface area contributed by atoms with E-state index in [4.69, 9.17) is 4.98 Å². The van der Waals surface area contributed by atoms with Crippen molar-refractivity contribution in [3.05, 3.63) is 18.2 Å². The van der Waals surface area contributed by atoms with Crippen molar-refractivity contribution in [1.82, 2.24) is 24.7 Å². The van der Waals surface area contributed by atoms with E-state index in [0.29, 0.717) is 18.4 Å². The molecule has 0 aromatic carbocycles. The topological polar surface area (TPSA) is 88.8 Å². The van der Waals surface area contributed by atoms with E-state index in [0.717, 1.165) is 30.1 Å². The molecule has 1 saturated carbocycles. The summed E-state index contributed by atoms with van der Waals surface area (Å²) in [5.74, 6) is 2.66. The van der Waals surface area contributed by atoms with E-state index in [1.165, 1.54) is 12.8 Å². The lowest BCUT2D eigenvalue weighted by molar-refractivity contribution is 0.269. The highest BCUT2D eigenvalue weighted by molar-refractivity contribution is 5.53. The smallest absolute Gasteiger partial charge is 0.222 e. The van der Waals surface area contributed by atoms with Crippen LogP contribution >= 0.6 is 0 Å². The Morgan fingerprint density at radius 3 is 2.57 bits per heavy atom. The fourth-order valence-electron chi connectivity index (χ4n) is 2.96. The molecule has 0 spiro atoms. The minimum absolute atomic E-state index is 0.0360. The fraction of sp³-hybridized carbons (Fsp3) is 0.625. The van der Waals surface area contributed by atoms with Crippen LogP contribution in [0.2, 0.25) is 0 Å². The summed E-state index contributed by atoms with van der Waals surface area (Å²) in [6.45, 7) is 4.56. The molecule has 0 amide bonds. The van der Waals surface area contributed by atoms with Crippen molar-refractivity contribution in [2.45, 2.75) is 58.0 Å². The predicted molar refractivity (Wildman–Crippen MR) is 88.1 cm³/mol. The Balaban J connectivity index is 1.87. The second-order valence-electron chi connectivity index (χ2n) is 6.32. The predicted octanol–water partition coefficient (Wildman–Crippen LogP) is 2.21. The lowest BCUT2D eigenvalue weighted by Crippen LogP contribution is -2.12. The maximum atomic E-state index is 9.28. The van der Waals surface area contributed by atoms with Gasteiger partial charge in [-0.15, -0.1) is 0 Å². The first-order valence-corrected chi connectivity index (χ1v) is 8.32. The number of hydrogen-bond donors (Lipinski definition) is 2. The molecule has 2 aromatic heterocycles. The Morgan fingerprint density at radius 1 is 1.26 bits per heavy atom. The molecular formula is C16H24N6O. The van der Waals surface area contributed by atoms with Gasteiger partial charge in [-0.3, -0.25) is 0 Å². The highest BCUT2D eigenvalue weighted by Gasteiger charge is 2.23. The zero-order valence-electron chi connectivity index (χ0n) is 13.7. The molecule has 0 atom stereocenters. The molecule has 3 rings (SSSR count). The Kier molecular flexibility index (Phi) is 4.85. The summed E-state index contributed by atoms with van der Waals surface area (Å²) in [7, 11) is 0. The zero-order valence-corrected chi connectivity index (χ0v) is 13.7. The minimum atomic E-state index is 0.0360. The van der Waals surface area contributed by atoms with Crippen molar-refractivity contribution in [2.75, 3.05) is 11.9 Å². The molecule has 0 aliphatic heterocycles. The van der Waals surface area contributed by atoms with Gasteiger partial charge in [-0.2, -0.15) is 5.10 Å². The molecule has 2 aromatic rings. The fourth-order valence-corrected chi connectivity index (χ4v) is 2.96. The average Bonchev–Trinajstić information content (AvgIpc) is 3.17. The molecule has 124 valence electrons. The van der Waals surface area contributed by atoms with Crippen LogP contribution in [0.5, 0.6) is 0 Å². The van der Waals surface area contributed by atoms with Gasteiger partial charge in [-0.1, -0.05) is 12.8 Å². The molecule has 1 aliphatic carbocycles. The Morgan fingerprint density at radius 2 is 1.96 bits per heavy atom. The van der Waals surface area contributed by atoms with Crippen LogP contribution in [0.3, 0.4) is 0 Å². The number of aromatic nitrogens is 5. The summed E-state index contributed by atoms with van der Waals surface area (Å²) in [4.78, 5) is 13.4. The normalized spacial score (nSPS) is 15.5. The molecule has 1 aliphatic rings. The summed E-state index contributed by atoms with van der Waals surface area (Å²) in [5.41, 5.74) is 0.824. The second kappa shape index (κ2) is 7.04. The Bertz CT molecular complexity index is 631. The summed E-state index contributed by atoms with van der Waals surface area (Å²) < 4.78 is 1.77. The van der Waals surface area contributed by atoms with E-state index >= 15 is 0 Å². The van der Waals surface area contributed by atoms with E-state index in [1.54, 1.807) is 17.1 Å². The van der Waals surface area contributed by atoms with Gasteiger partial charge in [-0.25, -0.2) is 19.6 Å². The van der Waals surface area contributed by atoms with E-state index in [-0.39, 0.29) is 12.6 Å². The lowest BCUT2D eigenvalue weighted by Gasteiger charge is -2.08. The number of anilines is 1. The molecule has 1 fully saturated rings. The zero-order chi connectivity index (χ0) is 16.2. The van der Waals surface area contributed by atoms with Crippen LogP contribution in [0, 0.1) is 0 Å². The van der Waals surface area contributed by atoms with Gasteiger partial charge in [0.2, 0.25) is 5.95 Å². The Hall–Kier alpha value is -2.02. The molecule has 2 N–H and O–H groups in total. The van der Waals surface area contributed by atoms with Crippen LogP contribution in [0.1, 0.15) is 51.3 Å². The van der Waals surface area contributed by atoms with Gasteiger partial charge in [-0.05, 0) is 26.7 Å². The van der Waals surface area contributed by atoms with Crippen LogP contribution < -0.4 is 5.32 Å². The minimum Gasteiger partial charge on any atom is -0.394 e. The van der Waals surface area contributed by atoms with Gasteiger partial charge in [0.25, 0.3) is 0 Å². The first-order chi connectivity index (χ1) is 11.2. The van der Waals surface area contributed by atoms with Gasteiger partial charge in [0.1, 0.15) is 0 Å². The third-order valence-electron chi connectivity index (χ3n) is 4.05. The summed E-state index contributed by atoms with van der Waals surface area (Å²) in [6, 6.07) is 0.285. The van der Waals surface area contributed by atoms with Gasteiger partial charge in [0.05, 0.1) is 18.7 Å². The second-order valence-corrected chi connectivity index (χ2v) is 6.32. The number of aliphatic hydroxyl groups is 1. The van der Waals surface area contributed by atoms with Crippen LogP contribution in [0.4, 0.5) is 5.95 Å². The molecule has 7 nitrogen and oxygen atoms in total. The Labute approximate surface area is 136 Å². The summed E-state index contributed by atoms with van der Waals surface area (Å²) in [6.07, 6.45) is 8.30. The quantitative estimate of drug-likeness (QED) is 0.849. The highest BCUT2D eigenvalue weighted by atomic mass is 16.3. The first kappa shape index (κ1) is 15.9. The van der Waals surface area contributed by atoms with Gasteiger partial charge >= 0.3 is 0 Å². The van der Waals surface area contributed by atoms with Crippen LogP contribution in [0.25, 0.3) is 11.4 Å². The molecule has 23 heavy (non-hydrogen) atoms. The lowest BCUT2D eigenvalue weighted by atomic mass is 10.1. The summed E-state index contributed by atoms with van der Waals surface area (Å²) in [5, 5.41) is 17.1. The number of aliphatic hydroxyl groups excluding tert-OH is 1. The average molecular weight is 316 g/mol. The van der Waals surface area contributed by atoms with Crippen LogP contribution in [-0.4, -0.2) is 42.5 Å². The molecule has 2 heterocycles. The van der Waals surface area contributed by atoms with E-state index in [2.05, 4.69) is 20.4 Å². The van der Waals surface area contributed by atoms with Crippen molar-refractivity contribution in [3.63, 3.8) is 0 Å². The summed E-state index contributed by atoms with van der Waals surface area (Å²) >= 11 is 0. The third kappa shape index (κ3) is 3.67. The van der Waals surface area contributed by atoms with E-state index in [1.807, 2.05) is 13.8 Å². The molecule has 0 radical (unpaired) electrons. The van der Waals surface area contributed by atoms with Gasteiger partial charge < -0.3 is 10.4 Å². The van der Waals surface area contributed by atoms with E-state index < -0.39 is 0 Å². The number of rotatable bonds is 6. The first-order valence-electron chi connectivity index (χ1n) is 8.32. The van der Waals surface area contributed by atoms with Crippen molar-refractivity contribution >= 4 is 5.95 Å². The van der Waals surface area contributed by atoms with Gasteiger partial charge in [0.15, 0.2) is 11.6 Å². The maximum absolute atomic E-state index is 9.28. The molecule has 0 bridgehead atoms. The third-order valence-corrected chi connectivity index (χ3v) is 4.05. The standard InChI is InChI=1S/C16H24N6O/c1-11(2)19-16-17-9-13(10-18-16)15-20-14(12-5-3-4-6-12)21-22(15)7-8-23/h9-12,23H,3-8H2,1-2H3,(H,17,18,19). The number of nitrogens with one attached hydrogen (secondary N) is 1. The SMILES string of the molecule is CC(C)Nc1ncc(-c2nc(C3CCCC3)nn2CCO)cn1. The van der Waals surface area contributed by atoms with E-state index in [9.17, 15) is 5.11 Å². The highest BCUT2D eigenvalue weighted by Crippen LogP contribution is 2.33. The largest absolute Gasteiger partial charge is 0.394 e. The molecule has 0 saturated heterocycles. The molecule has 0 unspecified atom stereocenters. The van der Waals surface area contributed by atoms with Crippen LogP contribution in [0.15, 0.2) is 12.4 Å². The maximum Gasteiger partial charge on any atom is 0.222 e. The monoisotopic (exact) mass is 316 g/mol. The van der Waals surface area contributed by atoms with Crippen LogP contribution in [-0.2, 0) is 6.54 Å². The van der Waals surface area contributed by atoms with Crippen molar-refractivity contribution in [1.29, 1.82) is 0 Å². The molecule has 7 heteroatoms. The number of nitrogens with zero attached hydrogens (tertiary/aromatic N) is 5. The van der Waals surface area contributed by atoms with Crippen molar-refractivity contribution in [2.24, 2.45) is 0 Å². The number of hydrogen-bond acceptors (Lipinski definition) is 6.